The Morgan fingerprint density at radius 1 is 1.04 bits per heavy atom. The Hall–Kier alpha value is -2.13. The highest BCUT2D eigenvalue weighted by Crippen LogP contribution is 2.33. The predicted octanol–water partition coefficient (Wildman–Crippen LogP) is 5.93. The van der Waals surface area contributed by atoms with Gasteiger partial charge in [-0.25, -0.2) is 0 Å². The van der Waals surface area contributed by atoms with Crippen LogP contribution in [0, 0.1) is 11.3 Å². The number of nitriles is 1. The maximum atomic E-state index is 8.57. The Bertz CT molecular complexity index is 819. The number of hydrogen-bond donors (Lipinski definition) is 1. The molecule has 0 heterocycles. The molecule has 0 bridgehead atoms. The van der Waals surface area contributed by atoms with E-state index in [9.17, 15) is 0 Å². The summed E-state index contributed by atoms with van der Waals surface area (Å²) >= 11 is 12.4. The standard InChI is InChI=1S/C18H20Cl2N5/c1-25(2,3)14-6-7-15(19)18(12-14)24-23-13-5-8-17(16(20)11-13)22-10-4-9-21/h5-8,11-12,22H,4,10H2,1-3H3/q+1. The van der Waals surface area contributed by atoms with E-state index < -0.39 is 0 Å². The summed E-state index contributed by atoms with van der Waals surface area (Å²) < 4.78 is 0.661. The minimum absolute atomic E-state index is 0.416. The number of benzene rings is 2. The molecule has 5 nitrogen and oxygen atoms in total. The number of anilines is 1. The Morgan fingerprint density at radius 3 is 2.44 bits per heavy atom. The van der Waals surface area contributed by atoms with E-state index in [1.165, 1.54) is 0 Å². The number of quaternary nitrogens is 1. The second-order valence-corrected chi connectivity index (χ2v) is 7.16. The van der Waals surface area contributed by atoms with Crippen LogP contribution in [0.1, 0.15) is 6.42 Å². The number of nitrogens with zero attached hydrogens (tertiary/aromatic N) is 4. The summed E-state index contributed by atoms with van der Waals surface area (Å²) in [6.07, 6.45) is 0.416. The molecule has 0 aliphatic carbocycles. The first-order valence-electron chi connectivity index (χ1n) is 7.75. The number of hydrogen-bond acceptors (Lipinski definition) is 4. The molecule has 0 atom stereocenters. The van der Waals surface area contributed by atoms with Crippen LogP contribution in [0.15, 0.2) is 46.6 Å². The van der Waals surface area contributed by atoms with Crippen LogP contribution in [0.2, 0.25) is 10.0 Å². The van der Waals surface area contributed by atoms with Crippen molar-refractivity contribution in [2.45, 2.75) is 6.42 Å². The van der Waals surface area contributed by atoms with E-state index in [1.807, 2.05) is 30.3 Å². The van der Waals surface area contributed by atoms with Crippen LogP contribution in [0.25, 0.3) is 0 Å². The zero-order valence-corrected chi connectivity index (χ0v) is 15.9. The Morgan fingerprint density at radius 2 is 1.80 bits per heavy atom. The minimum Gasteiger partial charge on any atom is -0.383 e. The first-order chi connectivity index (χ1) is 11.8. The molecule has 7 heteroatoms. The highest BCUT2D eigenvalue weighted by atomic mass is 35.5. The normalized spacial score (nSPS) is 11.5. The van der Waals surface area contributed by atoms with Gasteiger partial charge in [0, 0.05) is 18.7 Å². The van der Waals surface area contributed by atoms with Gasteiger partial charge < -0.3 is 5.32 Å². The molecule has 0 fully saturated rings. The van der Waals surface area contributed by atoms with Crippen LogP contribution in [0.3, 0.4) is 0 Å². The van der Waals surface area contributed by atoms with Crippen molar-refractivity contribution >= 4 is 46.0 Å². The van der Waals surface area contributed by atoms with Gasteiger partial charge in [-0.15, -0.1) is 5.11 Å². The van der Waals surface area contributed by atoms with Gasteiger partial charge in [0.15, 0.2) is 0 Å². The van der Waals surface area contributed by atoms with Crippen molar-refractivity contribution in [1.82, 2.24) is 4.48 Å². The summed E-state index contributed by atoms with van der Waals surface area (Å²) in [5.41, 5.74) is 3.08. The van der Waals surface area contributed by atoms with E-state index in [4.69, 9.17) is 28.5 Å². The summed E-state index contributed by atoms with van der Waals surface area (Å²) in [5.74, 6) is 0. The molecule has 0 aliphatic heterocycles. The maximum absolute atomic E-state index is 8.57. The van der Waals surface area contributed by atoms with Crippen LogP contribution >= 0.6 is 23.2 Å². The number of halogens is 2. The molecule has 0 amide bonds. The lowest BCUT2D eigenvalue weighted by molar-refractivity contribution is 0.486. The Balaban J connectivity index is 2.19. The lowest BCUT2D eigenvalue weighted by atomic mass is 10.2. The fourth-order valence-corrected chi connectivity index (χ4v) is 2.47. The van der Waals surface area contributed by atoms with Crippen molar-refractivity contribution in [3.05, 3.63) is 46.4 Å². The summed E-state index contributed by atoms with van der Waals surface area (Å²) in [5, 5.41) is 21.2. The number of nitrogens with one attached hydrogen (secondary N) is 1. The molecule has 0 radical (unpaired) electrons. The van der Waals surface area contributed by atoms with Crippen LogP contribution in [0.4, 0.5) is 22.7 Å². The average molecular weight is 377 g/mol. The third kappa shape index (κ3) is 5.43. The van der Waals surface area contributed by atoms with E-state index in [1.54, 1.807) is 6.07 Å². The summed E-state index contributed by atoms with van der Waals surface area (Å²) in [6, 6.07) is 13.1. The first-order valence-corrected chi connectivity index (χ1v) is 8.50. The molecule has 0 aromatic heterocycles. The molecule has 0 aliphatic rings. The van der Waals surface area contributed by atoms with Gasteiger partial charge in [0.2, 0.25) is 0 Å². The van der Waals surface area contributed by atoms with E-state index in [0.29, 0.717) is 38.9 Å². The molecule has 130 valence electrons. The second-order valence-electron chi connectivity index (χ2n) is 6.35. The van der Waals surface area contributed by atoms with Crippen LogP contribution in [0.5, 0.6) is 0 Å². The Kier molecular flexibility index (Phi) is 6.38. The molecule has 1 N–H and O–H groups in total. The van der Waals surface area contributed by atoms with Gasteiger partial charge in [-0.1, -0.05) is 23.2 Å². The van der Waals surface area contributed by atoms with Gasteiger partial charge in [-0.05, 0) is 24.3 Å². The first kappa shape index (κ1) is 19.2. The second kappa shape index (κ2) is 8.30. The smallest absolute Gasteiger partial charge is 0.134 e. The fraction of sp³-hybridized carbons (Fsp3) is 0.278. The van der Waals surface area contributed by atoms with Gasteiger partial charge in [-0.2, -0.15) is 10.4 Å². The average Bonchev–Trinajstić information content (AvgIpc) is 2.55. The molecule has 0 spiro atoms. The zero-order valence-electron chi connectivity index (χ0n) is 14.4. The lowest BCUT2D eigenvalue weighted by Crippen LogP contribution is -2.34. The monoisotopic (exact) mass is 376 g/mol. The maximum Gasteiger partial charge on any atom is 0.134 e. The van der Waals surface area contributed by atoms with Gasteiger partial charge in [0.25, 0.3) is 0 Å². The van der Waals surface area contributed by atoms with Crippen LogP contribution in [-0.2, 0) is 0 Å². The molecule has 0 saturated heterocycles. The number of azo groups is 1. The lowest BCUT2D eigenvalue weighted by Gasteiger charge is -2.23. The topological polar surface area (TPSA) is 60.5 Å². The zero-order chi connectivity index (χ0) is 18.4. The van der Waals surface area contributed by atoms with Gasteiger partial charge in [0.05, 0.1) is 55.1 Å². The van der Waals surface area contributed by atoms with Gasteiger partial charge in [-0.3, -0.25) is 4.48 Å². The highest BCUT2D eigenvalue weighted by molar-refractivity contribution is 6.33. The minimum atomic E-state index is 0.416. The third-order valence-electron chi connectivity index (χ3n) is 3.48. The van der Waals surface area contributed by atoms with Crippen molar-refractivity contribution < 1.29 is 0 Å². The van der Waals surface area contributed by atoms with Crippen LogP contribution in [-0.4, -0.2) is 27.7 Å². The number of rotatable bonds is 6. The van der Waals surface area contributed by atoms with Crippen LogP contribution < -0.4 is 9.80 Å². The van der Waals surface area contributed by atoms with Crippen molar-refractivity contribution in [2.24, 2.45) is 10.2 Å². The largest absolute Gasteiger partial charge is 0.383 e. The Labute approximate surface area is 158 Å². The summed E-state index contributed by atoms with van der Waals surface area (Å²) in [6.45, 7) is 0.546. The molecule has 2 rings (SSSR count). The van der Waals surface area contributed by atoms with Crippen molar-refractivity contribution in [3.8, 4) is 6.07 Å². The molecular weight excluding hydrogens is 357 g/mol. The highest BCUT2D eigenvalue weighted by Gasteiger charge is 2.14. The molecule has 25 heavy (non-hydrogen) atoms. The van der Waals surface area contributed by atoms with E-state index in [0.717, 1.165) is 11.4 Å². The summed E-state index contributed by atoms with van der Waals surface area (Å²) in [4.78, 5) is 0. The SMILES string of the molecule is C[N+](C)(C)c1ccc(Cl)c(N=Nc2ccc(NCCC#N)c(Cl)c2)c1. The van der Waals surface area contributed by atoms with E-state index >= 15 is 0 Å². The fourth-order valence-electron chi connectivity index (χ4n) is 2.07. The molecule has 0 saturated carbocycles. The molecule has 0 unspecified atom stereocenters. The predicted molar refractivity (Wildman–Crippen MR) is 105 cm³/mol. The molecular formula is C18H20Cl2N5+. The van der Waals surface area contributed by atoms with E-state index in [-0.39, 0.29) is 0 Å². The van der Waals surface area contributed by atoms with Gasteiger partial charge in [0.1, 0.15) is 11.4 Å². The van der Waals surface area contributed by atoms with Crippen molar-refractivity contribution in [2.75, 3.05) is 33.0 Å². The third-order valence-corrected chi connectivity index (χ3v) is 4.11. The van der Waals surface area contributed by atoms with Gasteiger partial charge >= 0.3 is 0 Å². The van der Waals surface area contributed by atoms with Crippen molar-refractivity contribution in [3.63, 3.8) is 0 Å². The van der Waals surface area contributed by atoms with E-state index in [2.05, 4.69) is 42.8 Å². The quantitative estimate of drug-likeness (QED) is 0.385. The van der Waals surface area contributed by atoms with Crippen molar-refractivity contribution in [1.29, 1.82) is 5.26 Å². The molecule has 2 aromatic rings. The molecule has 2 aromatic carbocycles. The summed E-state index contributed by atoms with van der Waals surface area (Å²) in [7, 11) is 6.21.